The molecular formula is C15H16BrNOS. The summed E-state index contributed by atoms with van der Waals surface area (Å²) in [6, 6.07) is 14.1. The van der Waals surface area contributed by atoms with Crippen LogP contribution in [0.4, 0.5) is 5.69 Å². The molecule has 0 radical (unpaired) electrons. The van der Waals surface area contributed by atoms with Gasteiger partial charge in [0.15, 0.2) is 0 Å². The van der Waals surface area contributed by atoms with Gasteiger partial charge < -0.3 is 10.5 Å². The monoisotopic (exact) mass is 337 g/mol. The third-order valence-corrected chi connectivity index (χ3v) is 4.24. The van der Waals surface area contributed by atoms with Crippen LogP contribution >= 0.6 is 27.7 Å². The fraction of sp³-hybridized carbons (Fsp3) is 0.200. The third-order valence-electron chi connectivity index (χ3n) is 2.60. The van der Waals surface area contributed by atoms with Gasteiger partial charge in [-0.2, -0.15) is 0 Å². The van der Waals surface area contributed by atoms with Crippen molar-refractivity contribution in [2.45, 2.75) is 17.6 Å². The van der Waals surface area contributed by atoms with Crippen LogP contribution in [0.15, 0.2) is 51.8 Å². The number of nitrogen functional groups attached to an aromatic ring is 1. The molecule has 2 nitrogen and oxygen atoms in total. The number of benzene rings is 2. The summed E-state index contributed by atoms with van der Waals surface area (Å²) in [4.78, 5) is 1.10. The number of nitrogens with two attached hydrogens (primary N) is 1. The number of rotatable bonds is 5. The number of anilines is 1. The summed E-state index contributed by atoms with van der Waals surface area (Å²) in [6.45, 7) is 2.68. The lowest BCUT2D eigenvalue weighted by Crippen LogP contribution is -1.91. The molecule has 0 saturated heterocycles. The predicted molar refractivity (Wildman–Crippen MR) is 85.7 cm³/mol. The maximum absolute atomic E-state index is 5.96. The fourth-order valence-electron chi connectivity index (χ4n) is 1.64. The highest BCUT2D eigenvalue weighted by molar-refractivity contribution is 9.10. The van der Waals surface area contributed by atoms with Gasteiger partial charge in [-0.1, -0.05) is 28.1 Å². The molecule has 0 fully saturated rings. The minimum atomic E-state index is 0.697. The normalized spacial score (nSPS) is 10.4. The minimum Gasteiger partial charge on any atom is -0.494 e. The second kappa shape index (κ2) is 6.87. The second-order valence-corrected chi connectivity index (χ2v) is 5.98. The van der Waals surface area contributed by atoms with Crippen LogP contribution in [0.1, 0.15) is 12.5 Å². The molecule has 0 aliphatic rings. The van der Waals surface area contributed by atoms with Crippen LogP contribution in [0.25, 0.3) is 0 Å². The van der Waals surface area contributed by atoms with Gasteiger partial charge in [0, 0.05) is 20.8 Å². The van der Waals surface area contributed by atoms with Gasteiger partial charge in [-0.05, 0) is 42.8 Å². The quantitative estimate of drug-likeness (QED) is 0.633. The molecular weight excluding hydrogens is 322 g/mol. The van der Waals surface area contributed by atoms with Crippen LogP contribution in [-0.4, -0.2) is 6.61 Å². The van der Waals surface area contributed by atoms with E-state index in [1.165, 1.54) is 5.56 Å². The van der Waals surface area contributed by atoms with E-state index in [0.29, 0.717) is 6.61 Å². The molecule has 2 aromatic rings. The average molecular weight is 338 g/mol. The highest BCUT2D eigenvalue weighted by atomic mass is 79.9. The Morgan fingerprint density at radius 1 is 1.16 bits per heavy atom. The van der Waals surface area contributed by atoms with Gasteiger partial charge in [0.05, 0.1) is 6.61 Å². The number of thioether (sulfide) groups is 1. The molecule has 4 heteroatoms. The highest BCUT2D eigenvalue weighted by Gasteiger charge is 2.02. The zero-order chi connectivity index (χ0) is 13.7. The summed E-state index contributed by atoms with van der Waals surface area (Å²) < 4.78 is 6.48. The standard InChI is InChI=1S/C15H16BrNOS/c1-2-18-13-6-3-11(4-7-13)10-19-15-9-12(16)5-8-14(15)17/h3-9H,2,10,17H2,1H3. The van der Waals surface area contributed by atoms with Gasteiger partial charge in [0.1, 0.15) is 5.75 Å². The molecule has 19 heavy (non-hydrogen) atoms. The van der Waals surface area contributed by atoms with Gasteiger partial charge >= 0.3 is 0 Å². The Morgan fingerprint density at radius 2 is 1.89 bits per heavy atom. The van der Waals surface area contributed by atoms with E-state index in [9.17, 15) is 0 Å². The molecule has 0 heterocycles. The summed E-state index contributed by atoms with van der Waals surface area (Å²) >= 11 is 5.20. The zero-order valence-electron chi connectivity index (χ0n) is 10.7. The van der Waals surface area contributed by atoms with Gasteiger partial charge in [-0.3, -0.25) is 0 Å². The Kier molecular flexibility index (Phi) is 5.16. The van der Waals surface area contributed by atoms with E-state index in [2.05, 4.69) is 34.1 Å². The maximum atomic E-state index is 5.96. The first-order valence-electron chi connectivity index (χ1n) is 6.08. The first-order valence-corrected chi connectivity index (χ1v) is 7.86. The van der Waals surface area contributed by atoms with Crippen molar-refractivity contribution >= 4 is 33.4 Å². The predicted octanol–water partition coefficient (Wildman–Crippen LogP) is 4.72. The second-order valence-electron chi connectivity index (χ2n) is 4.05. The first kappa shape index (κ1) is 14.3. The van der Waals surface area contributed by atoms with Crippen molar-refractivity contribution in [3.05, 3.63) is 52.5 Å². The molecule has 0 aromatic heterocycles. The molecule has 2 aromatic carbocycles. The van der Waals surface area contributed by atoms with E-state index in [-0.39, 0.29) is 0 Å². The Labute approximate surface area is 126 Å². The Bertz CT molecular complexity index is 542. The lowest BCUT2D eigenvalue weighted by atomic mass is 10.2. The third kappa shape index (κ3) is 4.18. The Hall–Kier alpha value is -1.13. The lowest BCUT2D eigenvalue weighted by molar-refractivity contribution is 0.340. The summed E-state index contributed by atoms with van der Waals surface area (Å²) in [7, 11) is 0. The number of hydrogen-bond acceptors (Lipinski definition) is 3. The lowest BCUT2D eigenvalue weighted by Gasteiger charge is -2.07. The van der Waals surface area contributed by atoms with Crippen molar-refractivity contribution in [2.75, 3.05) is 12.3 Å². The minimum absolute atomic E-state index is 0.697. The topological polar surface area (TPSA) is 35.2 Å². The van der Waals surface area contributed by atoms with Crippen LogP contribution < -0.4 is 10.5 Å². The molecule has 100 valence electrons. The van der Waals surface area contributed by atoms with Crippen LogP contribution in [0.5, 0.6) is 5.75 Å². The maximum Gasteiger partial charge on any atom is 0.119 e. The first-order chi connectivity index (χ1) is 9.19. The van der Waals surface area contributed by atoms with Crippen LogP contribution in [0.2, 0.25) is 0 Å². The van der Waals surface area contributed by atoms with E-state index in [0.717, 1.165) is 26.6 Å². The summed E-state index contributed by atoms with van der Waals surface area (Å²) in [5.74, 6) is 1.81. The SMILES string of the molecule is CCOc1ccc(CSc2cc(Br)ccc2N)cc1. The van der Waals surface area contributed by atoms with E-state index < -0.39 is 0 Å². The molecule has 2 N–H and O–H groups in total. The summed E-state index contributed by atoms with van der Waals surface area (Å²) in [5, 5.41) is 0. The Balaban J connectivity index is 2.00. The summed E-state index contributed by atoms with van der Waals surface area (Å²) in [5.41, 5.74) is 8.03. The van der Waals surface area contributed by atoms with Crippen molar-refractivity contribution in [3.8, 4) is 5.75 Å². The van der Waals surface area contributed by atoms with E-state index in [1.807, 2.05) is 31.2 Å². The molecule has 0 bridgehead atoms. The van der Waals surface area contributed by atoms with Crippen molar-refractivity contribution in [1.29, 1.82) is 0 Å². The van der Waals surface area contributed by atoms with E-state index in [1.54, 1.807) is 11.8 Å². The fourth-order valence-corrected chi connectivity index (χ4v) is 3.12. The molecule has 0 amide bonds. The molecule has 0 atom stereocenters. The number of hydrogen-bond donors (Lipinski definition) is 1. The van der Waals surface area contributed by atoms with Crippen molar-refractivity contribution in [2.24, 2.45) is 0 Å². The van der Waals surface area contributed by atoms with Crippen LogP contribution in [0.3, 0.4) is 0 Å². The highest BCUT2D eigenvalue weighted by Crippen LogP contribution is 2.31. The molecule has 0 aliphatic carbocycles. The molecule has 2 rings (SSSR count). The molecule has 0 spiro atoms. The average Bonchev–Trinajstić information content (AvgIpc) is 2.42. The van der Waals surface area contributed by atoms with Crippen LogP contribution in [0, 0.1) is 0 Å². The molecule has 0 unspecified atom stereocenters. The van der Waals surface area contributed by atoms with Crippen molar-refractivity contribution < 1.29 is 4.74 Å². The smallest absolute Gasteiger partial charge is 0.119 e. The van der Waals surface area contributed by atoms with Gasteiger partial charge in [-0.25, -0.2) is 0 Å². The molecule has 0 saturated carbocycles. The number of ether oxygens (including phenoxy) is 1. The number of halogens is 1. The largest absolute Gasteiger partial charge is 0.494 e. The van der Waals surface area contributed by atoms with Crippen molar-refractivity contribution in [3.63, 3.8) is 0 Å². The van der Waals surface area contributed by atoms with E-state index in [4.69, 9.17) is 10.5 Å². The van der Waals surface area contributed by atoms with Gasteiger partial charge in [-0.15, -0.1) is 11.8 Å². The van der Waals surface area contributed by atoms with Gasteiger partial charge in [0.25, 0.3) is 0 Å². The summed E-state index contributed by atoms with van der Waals surface area (Å²) in [6.07, 6.45) is 0. The molecule has 0 aliphatic heterocycles. The van der Waals surface area contributed by atoms with Crippen molar-refractivity contribution in [1.82, 2.24) is 0 Å². The van der Waals surface area contributed by atoms with E-state index >= 15 is 0 Å². The van der Waals surface area contributed by atoms with Gasteiger partial charge in [0.2, 0.25) is 0 Å². The zero-order valence-corrected chi connectivity index (χ0v) is 13.1. The Morgan fingerprint density at radius 3 is 2.58 bits per heavy atom. The van der Waals surface area contributed by atoms with Crippen LogP contribution in [-0.2, 0) is 5.75 Å².